The zero-order valence-corrected chi connectivity index (χ0v) is 17.6. The van der Waals surface area contributed by atoms with Crippen molar-refractivity contribution >= 4 is 38.6 Å². The molecule has 2 aromatic rings. The second-order valence-electron chi connectivity index (χ2n) is 5.95. The molecule has 2 N–H and O–H groups in total. The third-order valence-electron chi connectivity index (χ3n) is 4.15. The number of thiophene rings is 1. The van der Waals surface area contributed by atoms with Crippen molar-refractivity contribution in [2.75, 3.05) is 30.3 Å². The van der Waals surface area contributed by atoms with E-state index >= 15 is 0 Å². The van der Waals surface area contributed by atoms with Gasteiger partial charge in [0.05, 0.1) is 16.3 Å². The minimum atomic E-state index is -3.58. The lowest BCUT2D eigenvalue weighted by Crippen LogP contribution is -2.30. The predicted octanol–water partition coefficient (Wildman–Crippen LogP) is 3.78. The standard InChI is InChI=1S/C19H27N3O3S2/c1-4-20-17-11-10-16(27(24,25)22(5-2)6-3)14-18(17)21-19(23)12-9-15-8-7-13-26-15/h7-8,10-11,13-14,20H,4-6,9,12H2,1-3H3,(H,21,23). The molecule has 0 aliphatic rings. The van der Waals surface area contributed by atoms with Gasteiger partial charge in [-0.2, -0.15) is 4.31 Å². The van der Waals surface area contributed by atoms with E-state index in [1.165, 1.54) is 10.4 Å². The number of carbonyl (C=O) groups excluding carboxylic acids is 1. The second kappa shape index (κ2) is 9.87. The van der Waals surface area contributed by atoms with Crippen LogP contribution in [0.4, 0.5) is 11.4 Å². The molecule has 0 saturated carbocycles. The van der Waals surface area contributed by atoms with Gasteiger partial charge in [0.1, 0.15) is 0 Å². The van der Waals surface area contributed by atoms with Crippen molar-refractivity contribution in [3.05, 3.63) is 40.6 Å². The van der Waals surface area contributed by atoms with Gasteiger partial charge in [-0.3, -0.25) is 4.79 Å². The summed E-state index contributed by atoms with van der Waals surface area (Å²) in [4.78, 5) is 13.7. The first-order chi connectivity index (χ1) is 12.9. The Bertz CT molecular complexity index is 845. The van der Waals surface area contributed by atoms with Crippen LogP contribution >= 0.6 is 11.3 Å². The van der Waals surface area contributed by atoms with Gasteiger partial charge in [0.25, 0.3) is 0 Å². The average molecular weight is 410 g/mol. The summed E-state index contributed by atoms with van der Waals surface area (Å²) < 4.78 is 27.0. The third-order valence-corrected chi connectivity index (χ3v) is 7.14. The van der Waals surface area contributed by atoms with E-state index in [1.54, 1.807) is 37.3 Å². The summed E-state index contributed by atoms with van der Waals surface area (Å²) in [5.74, 6) is -0.139. The van der Waals surface area contributed by atoms with Crippen LogP contribution in [-0.2, 0) is 21.2 Å². The van der Waals surface area contributed by atoms with Crippen LogP contribution in [-0.4, -0.2) is 38.3 Å². The van der Waals surface area contributed by atoms with Gasteiger partial charge < -0.3 is 10.6 Å². The van der Waals surface area contributed by atoms with E-state index in [4.69, 9.17) is 0 Å². The number of carbonyl (C=O) groups is 1. The zero-order chi connectivity index (χ0) is 19.9. The van der Waals surface area contributed by atoms with E-state index in [2.05, 4.69) is 10.6 Å². The molecule has 0 radical (unpaired) electrons. The summed E-state index contributed by atoms with van der Waals surface area (Å²) in [6.07, 6.45) is 1.01. The molecule has 1 aromatic heterocycles. The highest BCUT2D eigenvalue weighted by Gasteiger charge is 2.23. The SMILES string of the molecule is CCNc1ccc(S(=O)(=O)N(CC)CC)cc1NC(=O)CCc1cccs1. The van der Waals surface area contributed by atoms with Gasteiger partial charge in [0.15, 0.2) is 0 Å². The predicted molar refractivity (Wildman–Crippen MR) is 112 cm³/mol. The van der Waals surface area contributed by atoms with Crippen LogP contribution in [0.25, 0.3) is 0 Å². The van der Waals surface area contributed by atoms with Crippen LogP contribution in [0.15, 0.2) is 40.6 Å². The average Bonchev–Trinajstić information content (AvgIpc) is 3.16. The Morgan fingerprint density at radius 1 is 1.11 bits per heavy atom. The van der Waals surface area contributed by atoms with Gasteiger partial charge in [-0.05, 0) is 43.0 Å². The first-order valence-electron chi connectivity index (χ1n) is 9.12. The summed E-state index contributed by atoms with van der Waals surface area (Å²) >= 11 is 1.62. The highest BCUT2D eigenvalue weighted by Crippen LogP contribution is 2.27. The number of aryl methyl sites for hydroxylation is 1. The smallest absolute Gasteiger partial charge is 0.243 e. The molecule has 0 spiro atoms. The number of nitrogens with zero attached hydrogens (tertiary/aromatic N) is 1. The van der Waals surface area contributed by atoms with Crippen molar-refractivity contribution in [3.8, 4) is 0 Å². The molecule has 148 valence electrons. The fraction of sp³-hybridized carbons (Fsp3) is 0.421. The summed E-state index contributed by atoms with van der Waals surface area (Å²) in [5, 5.41) is 8.02. The van der Waals surface area contributed by atoms with Crippen LogP contribution in [0.3, 0.4) is 0 Å². The van der Waals surface area contributed by atoms with Gasteiger partial charge in [0.2, 0.25) is 15.9 Å². The Labute approximate surface area is 165 Å². The second-order valence-corrected chi connectivity index (χ2v) is 8.92. The molecule has 1 aromatic carbocycles. The highest BCUT2D eigenvalue weighted by molar-refractivity contribution is 7.89. The van der Waals surface area contributed by atoms with E-state index in [9.17, 15) is 13.2 Å². The van der Waals surface area contributed by atoms with E-state index in [0.717, 1.165) is 4.88 Å². The number of nitrogens with one attached hydrogen (secondary N) is 2. The topological polar surface area (TPSA) is 78.5 Å². The van der Waals surface area contributed by atoms with E-state index in [-0.39, 0.29) is 10.8 Å². The molecule has 1 amide bonds. The summed E-state index contributed by atoms with van der Waals surface area (Å²) in [5.41, 5.74) is 1.20. The Morgan fingerprint density at radius 2 is 1.85 bits per heavy atom. The fourth-order valence-electron chi connectivity index (χ4n) is 2.75. The molecule has 27 heavy (non-hydrogen) atoms. The van der Waals surface area contributed by atoms with Crippen LogP contribution in [0, 0.1) is 0 Å². The monoisotopic (exact) mass is 409 g/mol. The van der Waals surface area contributed by atoms with Crippen LogP contribution in [0.1, 0.15) is 32.1 Å². The van der Waals surface area contributed by atoms with Gasteiger partial charge >= 0.3 is 0 Å². The van der Waals surface area contributed by atoms with Gasteiger partial charge in [-0.25, -0.2) is 8.42 Å². The number of anilines is 2. The van der Waals surface area contributed by atoms with Crippen molar-refractivity contribution < 1.29 is 13.2 Å². The van der Waals surface area contributed by atoms with Crippen LogP contribution in [0.2, 0.25) is 0 Å². The first-order valence-corrected chi connectivity index (χ1v) is 11.4. The lowest BCUT2D eigenvalue weighted by Gasteiger charge is -2.20. The normalized spacial score (nSPS) is 11.6. The van der Waals surface area contributed by atoms with Crippen molar-refractivity contribution in [2.24, 2.45) is 0 Å². The molecule has 0 aliphatic heterocycles. The largest absolute Gasteiger partial charge is 0.384 e. The lowest BCUT2D eigenvalue weighted by molar-refractivity contribution is -0.116. The van der Waals surface area contributed by atoms with Crippen molar-refractivity contribution in [1.29, 1.82) is 0 Å². The molecule has 0 saturated heterocycles. The van der Waals surface area contributed by atoms with Gasteiger partial charge in [-0.1, -0.05) is 19.9 Å². The molecular formula is C19H27N3O3S2. The molecule has 8 heteroatoms. The van der Waals surface area contributed by atoms with Crippen LogP contribution < -0.4 is 10.6 Å². The Hall–Kier alpha value is -1.90. The molecule has 0 aliphatic carbocycles. The maximum atomic E-state index is 12.8. The number of benzene rings is 1. The lowest BCUT2D eigenvalue weighted by atomic mass is 10.2. The van der Waals surface area contributed by atoms with Crippen molar-refractivity contribution in [2.45, 2.75) is 38.5 Å². The number of rotatable bonds is 10. The maximum Gasteiger partial charge on any atom is 0.243 e. The molecule has 0 atom stereocenters. The molecule has 0 bridgehead atoms. The van der Waals surface area contributed by atoms with E-state index < -0.39 is 10.0 Å². The zero-order valence-electron chi connectivity index (χ0n) is 16.0. The highest BCUT2D eigenvalue weighted by atomic mass is 32.2. The first kappa shape index (κ1) is 21.4. The molecule has 2 rings (SSSR count). The van der Waals surface area contributed by atoms with Gasteiger partial charge in [0, 0.05) is 30.9 Å². The van der Waals surface area contributed by atoms with E-state index in [0.29, 0.717) is 43.9 Å². The number of hydrogen-bond acceptors (Lipinski definition) is 5. The number of hydrogen-bond donors (Lipinski definition) is 2. The molecule has 0 fully saturated rings. The molecule has 1 heterocycles. The summed E-state index contributed by atoms with van der Waals surface area (Å²) in [7, 11) is -3.58. The fourth-order valence-corrected chi connectivity index (χ4v) is 4.94. The third kappa shape index (κ3) is 5.54. The number of amides is 1. The van der Waals surface area contributed by atoms with Crippen molar-refractivity contribution in [1.82, 2.24) is 4.31 Å². The minimum absolute atomic E-state index is 0.139. The summed E-state index contributed by atoms with van der Waals surface area (Å²) in [6.45, 7) is 7.03. The number of sulfonamides is 1. The maximum absolute atomic E-state index is 12.8. The van der Waals surface area contributed by atoms with E-state index in [1.807, 2.05) is 24.4 Å². The van der Waals surface area contributed by atoms with Crippen LogP contribution in [0.5, 0.6) is 0 Å². The molecular weight excluding hydrogens is 382 g/mol. The Balaban J connectivity index is 2.23. The summed E-state index contributed by atoms with van der Waals surface area (Å²) in [6, 6.07) is 8.78. The minimum Gasteiger partial charge on any atom is -0.384 e. The molecule has 0 unspecified atom stereocenters. The van der Waals surface area contributed by atoms with Gasteiger partial charge in [-0.15, -0.1) is 11.3 Å². The Morgan fingerprint density at radius 3 is 2.44 bits per heavy atom. The Kier molecular flexibility index (Phi) is 7.82. The molecule has 6 nitrogen and oxygen atoms in total. The van der Waals surface area contributed by atoms with Crippen molar-refractivity contribution in [3.63, 3.8) is 0 Å². The quantitative estimate of drug-likeness (QED) is 0.626.